The number of amides is 1. The molecular weight excluding hydrogens is 330 g/mol. The molecule has 0 unspecified atom stereocenters. The molecule has 0 aliphatic carbocycles. The van der Waals surface area contributed by atoms with Crippen LogP contribution in [0.15, 0.2) is 28.7 Å². The molecule has 0 spiro atoms. The van der Waals surface area contributed by atoms with Crippen LogP contribution < -0.4 is 5.32 Å². The highest BCUT2D eigenvalue weighted by molar-refractivity contribution is 9.10. The van der Waals surface area contributed by atoms with Crippen molar-refractivity contribution in [1.82, 2.24) is 5.32 Å². The van der Waals surface area contributed by atoms with Crippen molar-refractivity contribution in [1.29, 1.82) is 0 Å². The number of hydrogen-bond acceptors (Lipinski definition) is 3. The van der Waals surface area contributed by atoms with Crippen molar-refractivity contribution in [2.24, 2.45) is 0 Å². The molecule has 1 heterocycles. The van der Waals surface area contributed by atoms with E-state index < -0.39 is 9.84 Å². The molecule has 1 amide bonds. The van der Waals surface area contributed by atoms with Crippen LogP contribution in [0.2, 0.25) is 0 Å². The molecule has 104 valence electrons. The Morgan fingerprint density at radius 3 is 2.53 bits per heavy atom. The van der Waals surface area contributed by atoms with Crippen molar-refractivity contribution in [3.8, 4) is 0 Å². The van der Waals surface area contributed by atoms with E-state index in [1.807, 2.05) is 24.3 Å². The molecule has 0 saturated carbocycles. The Labute approximate surface area is 121 Å². The maximum absolute atomic E-state index is 11.9. The van der Waals surface area contributed by atoms with Gasteiger partial charge in [0.05, 0.1) is 17.9 Å². The molecule has 0 radical (unpaired) electrons. The summed E-state index contributed by atoms with van der Waals surface area (Å²) in [5, 5.41) is 2.91. The van der Waals surface area contributed by atoms with Gasteiger partial charge in [-0.15, -0.1) is 0 Å². The van der Waals surface area contributed by atoms with Gasteiger partial charge in [0.1, 0.15) is 9.84 Å². The summed E-state index contributed by atoms with van der Waals surface area (Å²) >= 11 is 3.41. The Morgan fingerprint density at radius 1 is 1.26 bits per heavy atom. The average molecular weight is 346 g/mol. The molecule has 4 nitrogen and oxygen atoms in total. The predicted molar refractivity (Wildman–Crippen MR) is 77.7 cm³/mol. The maximum atomic E-state index is 11.9. The SMILES string of the molecule is O=C(Cc1ccccc1Br)NC1CCS(=O)(=O)CC1. The van der Waals surface area contributed by atoms with Gasteiger partial charge in [-0.25, -0.2) is 8.42 Å². The number of halogens is 1. The first kappa shape index (κ1) is 14.5. The molecule has 1 saturated heterocycles. The van der Waals surface area contributed by atoms with Crippen LogP contribution in [-0.2, 0) is 21.1 Å². The van der Waals surface area contributed by atoms with Gasteiger partial charge in [0.15, 0.2) is 0 Å². The number of sulfone groups is 1. The highest BCUT2D eigenvalue weighted by atomic mass is 79.9. The Balaban J connectivity index is 1.87. The molecule has 1 fully saturated rings. The van der Waals surface area contributed by atoms with Crippen LogP contribution in [0.4, 0.5) is 0 Å². The second-order valence-electron chi connectivity index (χ2n) is 4.76. The highest BCUT2D eigenvalue weighted by Crippen LogP contribution is 2.17. The minimum absolute atomic E-state index is 0.0153. The molecule has 0 atom stereocenters. The van der Waals surface area contributed by atoms with E-state index in [1.54, 1.807) is 0 Å². The lowest BCUT2D eigenvalue weighted by molar-refractivity contribution is -0.121. The molecule has 1 aromatic carbocycles. The zero-order chi connectivity index (χ0) is 13.9. The van der Waals surface area contributed by atoms with Gasteiger partial charge >= 0.3 is 0 Å². The molecule has 6 heteroatoms. The van der Waals surface area contributed by atoms with Gasteiger partial charge < -0.3 is 5.32 Å². The zero-order valence-corrected chi connectivity index (χ0v) is 12.8. The van der Waals surface area contributed by atoms with Crippen LogP contribution in [0.3, 0.4) is 0 Å². The Hall–Kier alpha value is -0.880. The predicted octanol–water partition coefficient (Wildman–Crippen LogP) is 1.69. The fraction of sp³-hybridized carbons (Fsp3) is 0.462. The molecule has 1 N–H and O–H groups in total. The second kappa shape index (κ2) is 6.05. The van der Waals surface area contributed by atoms with Crippen LogP contribution >= 0.6 is 15.9 Å². The van der Waals surface area contributed by atoms with E-state index in [0.29, 0.717) is 19.3 Å². The molecule has 1 aromatic rings. The molecule has 2 rings (SSSR count). The van der Waals surface area contributed by atoms with Gasteiger partial charge in [0.2, 0.25) is 5.91 Å². The second-order valence-corrected chi connectivity index (χ2v) is 7.92. The molecule has 1 aliphatic heterocycles. The normalized spacial score (nSPS) is 19.0. The monoisotopic (exact) mass is 345 g/mol. The smallest absolute Gasteiger partial charge is 0.224 e. The van der Waals surface area contributed by atoms with Gasteiger partial charge in [-0.1, -0.05) is 34.1 Å². The van der Waals surface area contributed by atoms with Crippen LogP contribution in [-0.4, -0.2) is 31.9 Å². The first-order valence-corrected chi connectivity index (χ1v) is 8.81. The summed E-state index contributed by atoms with van der Waals surface area (Å²) in [4.78, 5) is 11.9. The van der Waals surface area contributed by atoms with Crippen LogP contribution in [0.1, 0.15) is 18.4 Å². The van der Waals surface area contributed by atoms with Gasteiger partial charge in [-0.2, -0.15) is 0 Å². The highest BCUT2D eigenvalue weighted by Gasteiger charge is 2.24. The van der Waals surface area contributed by atoms with E-state index in [4.69, 9.17) is 0 Å². The Kier molecular flexibility index (Phi) is 4.62. The van der Waals surface area contributed by atoms with Gasteiger partial charge in [-0.05, 0) is 24.5 Å². The topological polar surface area (TPSA) is 63.2 Å². The zero-order valence-electron chi connectivity index (χ0n) is 10.4. The summed E-state index contributed by atoms with van der Waals surface area (Å²) in [7, 11) is -2.88. The van der Waals surface area contributed by atoms with E-state index in [2.05, 4.69) is 21.2 Å². The fourth-order valence-corrected chi connectivity index (χ4v) is 4.04. The number of carbonyl (C=O) groups is 1. The number of benzene rings is 1. The lowest BCUT2D eigenvalue weighted by atomic mass is 10.1. The van der Waals surface area contributed by atoms with Crippen molar-refractivity contribution in [2.75, 3.05) is 11.5 Å². The average Bonchev–Trinajstić information content (AvgIpc) is 2.35. The summed E-state index contributed by atoms with van der Waals surface area (Å²) in [5.41, 5.74) is 0.934. The minimum Gasteiger partial charge on any atom is -0.353 e. The van der Waals surface area contributed by atoms with Crippen LogP contribution in [0.25, 0.3) is 0 Å². The molecule has 0 aromatic heterocycles. The first-order valence-electron chi connectivity index (χ1n) is 6.19. The lowest BCUT2D eigenvalue weighted by Crippen LogP contribution is -2.41. The standard InChI is InChI=1S/C13H16BrNO3S/c14-12-4-2-1-3-10(12)9-13(16)15-11-5-7-19(17,18)8-6-11/h1-4,11H,5-9H2,(H,15,16). The number of nitrogens with one attached hydrogen (secondary N) is 1. The summed E-state index contributed by atoms with van der Waals surface area (Å²) in [6, 6.07) is 7.57. The van der Waals surface area contributed by atoms with Gasteiger partial charge in [-0.3, -0.25) is 4.79 Å². The number of rotatable bonds is 3. The molecule has 1 aliphatic rings. The number of hydrogen-bond donors (Lipinski definition) is 1. The van der Waals surface area contributed by atoms with Crippen molar-refractivity contribution < 1.29 is 13.2 Å². The Morgan fingerprint density at radius 2 is 1.89 bits per heavy atom. The van der Waals surface area contributed by atoms with Gasteiger partial charge in [0.25, 0.3) is 0 Å². The summed E-state index contributed by atoms with van der Waals surface area (Å²) in [6.45, 7) is 0. The third kappa shape index (κ3) is 4.31. The quantitative estimate of drug-likeness (QED) is 0.906. The van der Waals surface area contributed by atoms with E-state index in [0.717, 1.165) is 10.0 Å². The third-order valence-electron chi connectivity index (χ3n) is 3.23. The maximum Gasteiger partial charge on any atom is 0.224 e. The van der Waals surface area contributed by atoms with Crippen molar-refractivity contribution in [3.05, 3.63) is 34.3 Å². The van der Waals surface area contributed by atoms with E-state index in [9.17, 15) is 13.2 Å². The molecular formula is C13H16BrNO3S. The van der Waals surface area contributed by atoms with Crippen molar-refractivity contribution in [3.63, 3.8) is 0 Å². The van der Waals surface area contributed by atoms with E-state index in [-0.39, 0.29) is 23.5 Å². The van der Waals surface area contributed by atoms with E-state index in [1.165, 1.54) is 0 Å². The minimum atomic E-state index is -2.88. The molecule has 19 heavy (non-hydrogen) atoms. The third-order valence-corrected chi connectivity index (χ3v) is 5.72. The summed E-state index contributed by atoms with van der Waals surface area (Å²) < 4.78 is 23.5. The first-order chi connectivity index (χ1) is 8.96. The van der Waals surface area contributed by atoms with Gasteiger partial charge in [0, 0.05) is 10.5 Å². The summed E-state index contributed by atoms with van der Waals surface area (Å²) in [6.07, 6.45) is 1.35. The van der Waals surface area contributed by atoms with Crippen LogP contribution in [0, 0.1) is 0 Å². The number of carbonyl (C=O) groups excluding carboxylic acids is 1. The van der Waals surface area contributed by atoms with E-state index >= 15 is 0 Å². The Bertz CT molecular complexity index is 557. The largest absolute Gasteiger partial charge is 0.353 e. The fourth-order valence-electron chi connectivity index (χ4n) is 2.13. The van der Waals surface area contributed by atoms with Crippen LogP contribution in [0.5, 0.6) is 0 Å². The molecule has 0 bridgehead atoms. The van der Waals surface area contributed by atoms with Crippen molar-refractivity contribution >= 4 is 31.7 Å². The lowest BCUT2D eigenvalue weighted by Gasteiger charge is -2.23. The van der Waals surface area contributed by atoms with Crippen molar-refractivity contribution in [2.45, 2.75) is 25.3 Å². The summed E-state index contributed by atoms with van der Waals surface area (Å²) in [5.74, 6) is 0.288.